The zero-order valence-electron chi connectivity index (χ0n) is 13.6. The van der Waals surface area contributed by atoms with Crippen molar-refractivity contribution in [2.24, 2.45) is 0 Å². The molecule has 0 spiro atoms. The molecular formula is C18H16F3N3OSe. The van der Waals surface area contributed by atoms with Crippen molar-refractivity contribution >= 4 is 15.0 Å². The normalized spacial score (nSPS) is 13.5. The van der Waals surface area contributed by atoms with Gasteiger partial charge in [-0.1, -0.05) is 0 Å². The first-order valence-corrected chi connectivity index (χ1v) is 10.2. The van der Waals surface area contributed by atoms with Crippen LogP contribution in [-0.2, 0) is 17.5 Å². The number of aliphatic hydroxyl groups is 1. The molecule has 8 heteroatoms. The van der Waals surface area contributed by atoms with E-state index in [1.54, 1.807) is 12.1 Å². The second-order valence-electron chi connectivity index (χ2n) is 5.87. The van der Waals surface area contributed by atoms with Gasteiger partial charge in [0, 0.05) is 0 Å². The van der Waals surface area contributed by atoms with E-state index in [1.165, 1.54) is 35.5 Å². The van der Waals surface area contributed by atoms with Crippen molar-refractivity contribution < 1.29 is 18.3 Å². The van der Waals surface area contributed by atoms with E-state index >= 15 is 0 Å². The Morgan fingerprint density at radius 2 is 1.77 bits per heavy atom. The third-order valence-corrected chi connectivity index (χ3v) is 6.40. The van der Waals surface area contributed by atoms with Gasteiger partial charge in [-0.3, -0.25) is 0 Å². The topological polar surface area (TPSA) is 50.9 Å². The molecule has 0 aliphatic heterocycles. The average molecular weight is 426 g/mol. The van der Waals surface area contributed by atoms with Crippen LogP contribution < -0.4 is 0 Å². The number of nitrogens with zero attached hydrogens (tertiary/aromatic N) is 3. The number of hydrogen-bond donors (Lipinski definition) is 1. The number of halogens is 3. The molecule has 1 unspecified atom stereocenters. The van der Waals surface area contributed by atoms with Gasteiger partial charge in [0.1, 0.15) is 0 Å². The molecule has 1 N–H and O–H groups in total. The molecule has 1 aromatic heterocycles. The van der Waals surface area contributed by atoms with Crippen molar-refractivity contribution in [1.82, 2.24) is 14.8 Å². The first-order chi connectivity index (χ1) is 12.5. The van der Waals surface area contributed by atoms with Gasteiger partial charge >= 0.3 is 154 Å². The Kier molecular flexibility index (Phi) is 5.76. The van der Waals surface area contributed by atoms with Crippen molar-refractivity contribution in [3.8, 4) is 0 Å². The second-order valence-corrected chi connectivity index (χ2v) is 7.94. The molecule has 1 atom stereocenters. The standard InChI is InChI=1S/C18H16F3N3OSe/c19-14-3-1-13(2-4-14)8-26-10-18(25,9-24-12-22-11-23-24)16-6-5-15(20)7-17(16)21/h1-7,11-12,25H,8-10H2. The summed E-state index contributed by atoms with van der Waals surface area (Å²) in [5.74, 6) is -1.81. The van der Waals surface area contributed by atoms with E-state index in [9.17, 15) is 18.3 Å². The SMILES string of the molecule is OC(C[Se]Cc1ccc(F)cc1)(Cn1cncn1)c1ccc(F)cc1F. The zero-order chi connectivity index (χ0) is 18.6. The zero-order valence-corrected chi connectivity index (χ0v) is 15.4. The minimum absolute atomic E-state index is 0.000714. The summed E-state index contributed by atoms with van der Waals surface area (Å²) in [5, 5.41) is 16.0. The third kappa shape index (κ3) is 4.52. The van der Waals surface area contributed by atoms with Crippen molar-refractivity contribution in [2.45, 2.75) is 22.8 Å². The second kappa shape index (κ2) is 8.03. The Bertz CT molecular complexity index is 859. The van der Waals surface area contributed by atoms with Crippen LogP contribution >= 0.6 is 0 Å². The average Bonchev–Trinajstić information content (AvgIpc) is 3.09. The van der Waals surface area contributed by atoms with Crippen LogP contribution in [0.5, 0.6) is 0 Å². The molecule has 3 aromatic rings. The maximum atomic E-state index is 14.3. The minimum atomic E-state index is -1.55. The summed E-state index contributed by atoms with van der Waals surface area (Å²) in [7, 11) is 0. The molecule has 0 aliphatic rings. The van der Waals surface area contributed by atoms with Gasteiger partial charge in [0.25, 0.3) is 0 Å². The van der Waals surface area contributed by atoms with E-state index in [-0.39, 0.29) is 38.2 Å². The van der Waals surface area contributed by atoms with Gasteiger partial charge in [-0.2, -0.15) is 0 Å². The van der Waals surface area contributed by atoms with E-state index in [1.807, 2.05) is 0 Å². The molecule has 0 saturated carbocycles. The first-order valence-electron chi connectivity index (χ1n) is 7.79. The first kappa shape index (κ1) is 18.6. The maximum absolute atomic E-state index is 14.3. The molecule has 0 aliphatic carbocycles. The van der Waals surface area contributed by atoms with Crippen LogP contribution in [0, 0.1) is 17.5 Å². The molecule has 0 bridgehead atoms. The van der Waals surface area contributed by atoms with Gasteiger partial charge in [0.05, 0.1) is 0 Å². The molecule has 4 nitrogen and oxygen atoms in total. The van der Waals surface area contributed by atoms with E-state index in [0.717, 1.165) is 17.7 Å². The van der Waals surface area contributed by atoms with Crippen LogP contribution in [-0.4, -0.2) is 34.8 Å². The van der Waals surface area contributed by atoms with Crippen molar-refractivity contribution in [2.75, 3.05) is 0 Å². The summed E-state index contributed by atoms with van der Waals surface area (Å²) in [5.41, 5.74) is -0.588. The van der Waals surface area contributed by atoms with E-state index in [4.69, 9.17) is 0 Å². The Labute approximate surface area is 154 Å². The monoisotopic (exact) mass is 427 g/mol. The molecule has 3 rings (SSSR count). The molecular weight excluding hydrogens is 410 g/mol. The molecule has 0 amide bonds. The number of benzene rings is 2. The Morgan fingerprint density at radius 3 is 2.42 bits per heavy atom. The Morgan fingerprint density at radius 1 is 1.04 bits per heavy atom. The van der Waals surface area contributed by atoms with Gasteiger partial charge < -0.3 is 0 Å². The van der Waals surface area contributed by atoms with Gasteiger partial charge in [-0.05, 0) is 0 Å². The Hall–Kier alpha value is -2.15. The summed E-state index contributed by atoms with van der Waals surface area (Å²) in [6.07, 6.45) is 2.75. The van der Waals surface area contributed by atoms with Gasteiger partial charge in [-0.15, -0.1) is 0 Å². The summed E-state index contributed by atoms with van der Waals surface area (Å²) in [4.78, 5) is 3.83. The predicted octanol–water partition coefficient (Wildman–Crippen LogP) is 2.91. The fraction of sp³-hybridized carbons (Fsp3) is 0.222. The van der Waals surface area contributed by atoms with E-state index in [0.29, 0.717) is 5.32 Å². The van der Waals surface area contributed by atoms with Crippen LogP contribution in [0.4, 0.5) is 13.2 Å². The van der Waals surface area contributed by atoms with Crippen LogP contribution in [0.25, 0.3) is 0 Å². The molecule has 136 valence electrons. The quantitative estimate of drug-likeness (QED) is 0.592. The summed E-state index contributed by atoms with van der Waals surface area (Å²) < 4.78 is 41.9. The number of rotatable bonds is 7. The van der Waals surface area contributed by atoms with Crippen LogP contribution in [0.1, 0.15) is 11.1 Å². The summed E-state index contributed by atoms with van der Waals surface area (Å²) >= 11 is -0.103. The number of aromatic nitrogens is 3. The molecule has 1 heterocycles. The molecule has 0 fully saturated rings. The molecule has 2 aromatic carbocycles. The van der Waals surface area contributed by atoms with Crippen molar-refractivity contribution in [1.29, 1.82) is 0 Å². The van der Waals surface area contributed by atoms with Crippen molar-refractivity contribution in [3.63, 3.8) is 0 Å². The number of hydrogen-bond acceptors (Lipinski definition) is 3. The van der Waals surface area contributed by atoms with Crippen molar-refractivity contribution in [3.05, 3.63) is 83.7 Å². The van der Waals surface area contributed by atoms with E-state index < -0.39 is 17.2 Å². The van der Waals surface area contributed by atoms with Crippen LogP contribution in [0.15, 0.2) is 55.1 Å². The fourth-order valence-electron chi connectivity index (χ4n) is 2.58. The summed E-state index contributed by atoms with van der Waals surface area (Å²) in [6.45, 7) is 0.000714. The van der Waals surface area contributed by atoms with Gasteiger partial charge in [-0.25, -0.2) is 0 Å². The van der Waals surface area contributed by atoms with E-state index in [2.05, 4.69) is 10.1 Å². The predicted molar refractivity (Wildman–Crippen MR) is 90.9 cm³/mol. The Balaban J connectivity index is 1.79. The molecule has 0 saturated heterocycles. The molecule has 0 radical (unpaired) electrons. The van der Waals surface area contributed by atoms with Gasteiger partial charge in [0.2, 0.25) is 0 Å². The van der Waals surface area contributed by atoms with Crippen LogP contribution in [0.2, 0.25) is 5.32 Å². The summed E-state index contributed by atoms with van der Waals surface area (Å²) in [6, 6.07) is 9.28. The fourth-order valence-corrected chi connectivity index (χ4v) is 4.91. The van der Waals surface area contributed by atoms with Crippen LogP contribution in [0.3, 0.4) is 0 Å². The van der Waals surface area contributed by atoms with Gasteiger partial charge in [0.15, 0.2) is 0 Å². The third-order valence-electron chi connectivity index (χ3n) is 3.85. The molecule has 26 heavy (non-hydrogen) atoms.